The van der Waals surface area contributed by atoms with Crippen LogP contribution in [0.4, 0.5) is 11.8 Å². The molecule has 2 aromatic carbocycles. The van der Waals surface area contributed by atoms with Crippen LogP contribution in [0.5, 0.6) is 5.75 Å². The van der Waals surface area contributed by atoms with E-state index in [-0.39, 0.29) is 18.6 Å². The highest BCUT2D eigenvalue weighted by atomic mass is 16.5. The predicted octanol–water partition coefficient (Wildman–Crippen LogP) is 5.22. The molecule has 6 N–H and O–H groups in total. The van der Waals surface area contributed by atoms with Crippen molar-refractivity contribution >= 4 is 33.7 Å². The van der Waals surface area contributed by atoms with Crippen molar-refractivity contribution in [3.63, 3.8) is 0 Å². The summed E-state index contributed by atoms with van der Waals surface area (Å²) in [6.07, 6.45) is 8.08. The van der Waals surface area contributed by atoms with E-state index in [1.165, 1.54) is 24.8 Å². The molecule has 5 aromatic rings. The van der Waals surface area contributed by atoms with Gasteiger partial charge in [0.05, 0.1) is 24.9 Å². The Bertz CT molecular complexity index is 1650. The summed E-state index contributed by atoms with van der Waals surface area (Å²) < 4.78 is 8.17. The second-order valence-electron chi connectivity index (χ2n) is 11.2. The number of benzene rings is 2. The van der Waals surface area contributed by atoms with Gasteiger partial charge in [0.15, 0.2) is 5.82 Å². The molecule has 220 valence electrons. The molecular formula is C32H40N8O2. The Hall–Kier alpha value is -4.15. The van der Waals surface area contributed by atoms with Crippen LogP contribution < -0.4 is 21.1 Å². The second kappa shape index (κ2) is 12.4. The van der Waals surface area contributed by atoms with Gasteiger partial charge >= 0.3 is 0 Å². The smallest absolute Gasteiger partial charge is 0.222 e. The number of aliphatic hydroxyl groups excluding tert-OH is 1. The summed E-state index contributed by atoms with van der Waals surface area (Å²) in [5.74, 6) is 1.73. The molecule has 1 aliphatic carbocycles. The molecule has 0 spiro atoms. The molecule has 1 atom stereocenters. The van der Waals surface area contributed by atoms with E-state index >= 15 is 0 Å². The number of fused-ring (bicyclic) bond motifs is 3. The number of nitrogens with two attached hydrogens (primary N) is 1. The van der Waals surface area contributed by atoms with Crippen molar-refractivity contribution in [2.45, 2.75) is 70.6 Å². The Balaban J connectivity index is 1.48. The number of hydrogen-bond acceptors (Lipinski definition) is 8. The van der Waals surface area contributed by atoms with Crippen LogP contribution in [0, 0.1) is 0 Å². The lowest BCUT2D eigenvalue weighted by Gasteiger charge is -2.26. The Morgan fingerprint density at radius 2 is 2.02 bits per heavy atom. The van der Waals surface area contributed by atoms with E-state index in [2.05, 4.69) is 73.7 Å². The van der Waals surface area contributed by atoms with E-state index in [4.69, 9.17) is 15.5 Å². The van der Waals surface area contributed by atoms with Crippen LogP contribution in [0.25, 0.3) is 33.2 Å². The fourth-order valence-corrected chi connectivity index (χ4v) is 5.90. The van der Waals surface area contributed by atoms with Crippen LogP contribution >= 0.6 is 0 Å². The van der Waals surface area contributed by atoms with E-state index in [1.54, 1.807) is 13.3 Å². The summed E-state index contributed by atoms with van der Waals surface area (Å²) >= 11 is 0. The molecule has 10 nitrogen and oxygen atoms in total. The first kappa shape index (κ1) is 28.0. The van der Waals surface area contributed by atoms with E-state index in [1.807, 2.05) is 6.07 Å². The molecule has 0 aliphatic heterocycles. The number of aliphatic hydroxyl groups is 1. The van der Waals surface area contributed by atoms with Gasteiger partial charge in [-0.1, -0.05) is 38.0 Å². The van der Waals surface area contributed by atoms with E-state index in [0.29, 0.717) is 24.8 Å². The zero-order valence-electron chi connectivity index (χ0n) is 24.4. The number of methoxy groups -OCH3 is 1. The summed E-state index contributed by atoms with van der Waals surface area (Å²) in [6, 6.07) is 15.4. The van der Waals surface area contributed by atoms with Crippen LogP contribution in [0.2, 0.25) is 0 Å². The molecule has 0 saturated heterocycles. The number of hydrogen-bond donors (Lipinski definition) is 5. The summed E-state index contributed by atoms with van der Waals surface area (Å²) in [7, 11) is 1.73. The zero-order chi connectivity index (χ0) is 29.1. The molecule has 10 heteroatoms. The van der Waals surface area contributed by atoms with Crippen molar-refractivity contribution < 1.29 is 9.84 Å². The molecule has 0 radical (unpaired) electrons. The molecule has 0 bridgehead atoms. The maximum atomic E-state index is 9.73. The van der Waals surface area contributed by atoms with Crippen LogP contribution in [-0.4, -0.2) is 55.6 Å². The van der Waals surface area contributed by atoms with Gasteiger partial charge in [-0.15, -0.1) is 0 Å². The molecule has 1 saturated carbocycles. The average Bonchev–Trinajstić information content (AvgIpc) is 3.60. The molecule has 3 heterocycles. The highest BCUT2D eigenvalue weighted by molar-refractivity contribution is 6.10. The Morgan fingerprint density at radius 1 is 1.14 bits per heavy atom. The quantitative estimate of drug-likeness (QED) is 0.130. The van der Waals surface area contributed by atoms with Crippen molar-refractivity contribution in [3.05, 3.63) is 59.8 Å². The van der Waals surface area contributed by atoms with Crippen molar-refractivity contribution in [1.29, 1.82) is 0 Å². The highest BCUT2D eigenvalue weighted by Crippen LogP contribution is 2.36. The third-order valence-corrected chi connectivity index (χ3v) is 8.36. The molecule has 1 aliphatic rings. The van der Waals surface area contributed by atoms with E-state index < -0.39 is 0 Å². The Morgan fingerprint density at radius 3 is 2.74 bits per heavy atom. The zero-order valence-corrected chi connectivity index (χ0v) is 24.4. The van der Waals surface area contributed by atoms with Gasteiger partial charge in [-0.3, -0.25) is 5.10 Å². The van der Waals surface area contributed by atoms with Crippen molar-refractivity contribution in [2.75, 3.05) is 24.8 Å². The number of aromatic amines is 1. The van der Waals surface area contributed by atoms with Gasteiger partial charge in [0.25, 0.3) is 0 Å². The number of rotatable bonds is 13. The second-order valence-corrected chi connectivity index (χ2v) is 11.2. The maximum Gasteiger partial charge on any atom is 0.222 e. The number of anilines is 2. The van der Waals surface area contributed by atoms with E-state index in [0.717, 1.165) is 63.9 Å². The number of nitrogen functional groups attached to an aromatic ring is 1. The Kier molecular flexibility index (Phi) is 8.25. The highest BCUT2D eigenvalue weighted by Gasteiger charge is 2.22. The first-order valence-electron chi connectivity index (χ1n) is 14.9. The molecule has 6 rings (SSSR count). The van der Waals surface area contributed by atoms with Crippen LogP contribution in [0.1, 0.15) is 56.6 Å². The van der Waals surface area contributed by atoms with Crippen molar-refractivity contribution in [2.24, 2.45) is 0 Å². The van der Waals surface area contributed by atoms with Crippen molar-refractivity contribution in [3.8, 4) is 17.0 Å². The number of H-pyrrole nitrogens is 1. The Labute approximate surface area is 245 Å². The number of ether oxygens (including phenoxy) is 1. The van der Waals surface area contributed by atoms with Gasteiger partial charge in [0.1, 0.15) is 16.8 Å². The molecule has 42 heavy (non-hydrogen) atoms. The average molecular weight is 569 g/mol. The van der Waals surface area contributed by atoms with Gasteiger partial charge in [-0.25, -0.2) is 4.98 Å². The third kappa shape index (κ3) is 5.64. The van der Waals surface area contributed by atoms with Crippen LogP contribution in [0.3, 0.4) is 0 Å². The number of nitrogens with zero attached hydrogens (tertiary/aromatic N) is 4. The summed E-state index contributed by atoms with van der Waals surface area (Å²) in [5.41, 5.74) is 13.2. The molecular weight excluding hydrogens is 528 g/mol. The van der Waals surface area contributed by atoms with Gasteiger partial charge in [-0.2, -0.15) is 10.1 Å². The van der Waals surface area contributed by atoms with Gasteiger partial charge < -0.3 is 30.8 Å². The minimum atomic E-state index is 0.0569. The van der Waals surface area contributed by atoms with Crippen LogP contribution in [0.15, 0.2) is 48.7 Å². The first-order valence-corrected chi connectivity index (χ1v) is 14.9. The van der Waals surface area contributed by atoms with Crippen LogP contribution in [-0.2, 0) is 13.1 Å². The third-order valence-electron chi connectivity index (χ3n) is 8.36. The van der Waals surface area contributed by atoms with Gasteiger partial charge in [0, 0.05) is 47.9 Å². The topological polar surface area (TPSA) is 139 Å². The number of aromatic nitrogens is 5. The summed E-state index contributed by atoms with van der Waals surface area (Å²) in [4.78, 5) is 9.41. The fourth-order valence-electron chi connectivity index (χ4n) is 5.90. The molecule has 0 amide bonds. The van der Waals surface area contributed by atoms with Gasteiger partial charge in [0.2, 0.25) is 5.95 Å². The maximum absolute atomic E-state index is 9.73. The lowest BCUT2D eigenvalue weighted by Crippen LogP contribution is -2.34. The standard InChI is InChI=1S/C32H40N8O2/c1-3-5-24(13-15-41)36-31-30-29(37-32(33)38-31)25-11-10-21(26-12-14-35-39-26)17-27(25)40(30)19-22-9-8-20(16-28(22)42-2)18-34-23-6-4-7-23/h8-12,14,16-17,23-24,34,41H,3-7,13,15,18-19H2,1-2H3,(H,35,39)(H3,33,36,37,38)/t24-/m0/s1. The normalized spacial score (nSPS) is 14.4. The minimum absolute atomic E-state index is 0.0569. The largest absolute Gasteiger partial charge is 0.496 e. The molecule has 1 fully saturated rings. The fraction of sp³-hybridized carbons (Fsp3) is 0.406. The van der Waals surface area contributed by atoms with Gasteiger partial charge in [-0.05, 0) is 55.5 Å². The monoisotopic (exact) mass is 568 g/mol. The number of nitrogens with one attached hydrogen (secondary N) is 3. The minimum Gasteiger partial charge on any atom is -0.496 e. The molecule has 0 unspecified atom stereocenters. The first-order chi connectivity index (χ1) is 20.6. The van der Waals surface area contributed by atoms with Crippen molar-refractivity contribution in [1.82, 2.24) is 30.0 Å². The molecule has 3 aromatic heterocycles. The SMILES string of the molecule is CCC[C@@H](CCO)Nc1nc(N)nc2c3ccc(-c4ccn[nH]4)cc3n(Cc3ccc(CNC4CCC4)cc3OC)c12. The lowest BCUT2D eigenvalue weighted by atomic mass is 9.93. The summed E-state index contributed by atoms with van der Waals surface area (Å²) in [5, 5.41) is 25.2. The predicted molar refractivity (Wildman–Crippen MR) is 168 cm³/mol. The summed E-state index contributed by atoms with van der Waals surface area (Å²) in [6.45, 7) is 3.61. The lowest BCUT2D eigenvalue weighted by molar-refractivity contribution is 0.276. The van der Waals surface area contributed by atoms with E-state index in [9.17, 15) is 5.11 Å².